The van der Waals surface area contributed by atoms with Gasteiger partial charge in [-0.15, -0.1) is 11.3 Å². The van der Waals surface area contributed by atoms with Crippen molar-refractivity contribution in [1.82, 2.24) is 10.3 Å². The van der Waals surface area contributed by atoms with Gasteiger partial charge in [-0.05, 0) is 33.6 Å². The van der Waals surface area contributed by atoms with Gasteiger partial charge in [0.25, 0.3) is 0 Å². The van der Waals surface area contributed by atoms with Crippen molar-refractivity contribution in [2.24, 2.45) is 5.73 Å². The molecule has 0 aromatic carbocycles. The Morgan fingerprint density at radius 3 is 2.84 bits per heavy atom. The van der Waals surface area contributed by atoms with Gasteiger partial charge in [-0.1, -0.05) is 18.2 Å². The van der Waals surface area contributed by atoms with E-state index in [-0.39, 0.29) is 11.9 Å². The van der Waals surface area contributed by atoms with Crippen LogP contribution in [0.3, 0.4) is 0 Å². The molecule has 6 heteroatoms. The van der Waals surface area contributed by atoms with Gasteiger partial charge in [0.2, 0.25) is 5.91 Å². The molecule has 3 N–H and O–H groups in total. The standard InChI is InChI=1S/C13H23N3OS2/c1-10(2)16-13(3,11(14)17)6-4-5-8-18-12-15-7-9-19-12/h7,9-10,16H,4-6,8H2,1-3H3,(H2,14,17). The molecule has 1 aromatic rings. The molecule has 1 amide bonds. The van der Waals surface area contributed by atoms with Crippen LogP contribution in [-0.2, 0) is 4.79 Å². The normalized spacial score (nSPS) is 14.5. The van der Waals surface area contributed by atoms with Gasteiger partial charge in [0.05, 0.1) is 5.54 Å². The Labute approximate surface area is 123 Å². The Morgan fingerprint density at radius 2 is 2.32 bits per heavy atom. The summed E-state index contributed by atoms with van der Waals surface area (Å²) >= 11 is 3.44. The molecule has 4 nitrogen and oxygen atoms in total. The number of carbonyl (C=O) groups is 1. The number of unbranched alkanes of at least 4 members (excludes halogenated alkanes) is 1. The monoisotopic (exact) mass is 301 g/mol. The minimum atomic E-state index is -0.597. The van der Waals surface area contributed by atoms with Crippen LogP contribution in [0.1, 0.15) is 40.0 Å². The van der Waals surface area contributed by atoms with Gasteiger partial charge in [0.15, 0.2) is 0 Å². The van der Waals surface area contributed by atoms with E-state index in [4.69, 9.17) is 5.73 Å². The Morgan fingerprint density at radius 1 is 1.58 bits per heavy atom. The third kappa shape index (κ3) is 5.93. The van der Waals surface area contributed by atoms with Crippen LogP contribution in [0.5, 0.6) is 0 Å². The van der Waals surface area contributed by atoms with E-state index in [0.717, 1.165) is 29.4 Å². The van der Waals surface area contributed by atoms with E-state index in [9.17, 15) is 4.79 Å². The second-order valence-electron chi connectivity index (χ2n) is 5.10. The predicted octanol–water partition coefficient (Wildman–Crippen LogP) is 2.65. The minimum absolute atomic E-state index is 0.252. The van der Waals surface area contributed by atoms with Crippen LogP contribution in [0.4, 0.5) is 0 Å². The molecular weight excluding hydrogens is 278 g/mol. The molecule has 0 aliphatic heterocycles. The maximum absolute atomic E-state index is 11.6. The highest BCUT2D eigenvalue weighted by Crippen LogP contribution is 2.22. The van der Waals surface area contributed by atoms with E-state index in [0.29, 0.717) is 0 Å². The first-order valence-electron chi connectivity index (χ1n) is 6.54. The van der Waals surface area contributed by atoms with Crippen molar-refractivity contribution in [2.75, 3.05) is 5.75 Å². The third-order valence-electron chi connectivity index (χ3n) is 2.86. The summed E-state index contributed by atoms with van der Waals surface area (Å²) in [5, 5.41) is 5.25. The predicted molar refractivity (Wildman–Crippen MR) is 82.6 cm³/mol. The zero-order valence-corrected chi connectivity index (χ0v) is 13.4. The highest BCUT2D eigenvalue weighted by Gasteiger charge is 2.30. The fourth-order valence-electron chi connectivity index (χ4n) is 1.93. The van der Waals surface area contributed by atoms with E-state index in [2.05, 4.69) is 10.3 Å². The van der Waals surface area contributed by atoms with E-state index >= 15 is 0 Å². The zero-order chi connectivity index (χ0) is 14.3. The molecule has 108 valence electrons. The Balaban J connectivity index is 2.26. The van der Waals surface area contributed by atoms with Crippen LogP contribution in [-0.4, -0.2) is 28.2 Å². The molecule has 0 aliphatic rings. The first-order valence-corrected chi connectivity index (χ1v) is 8.40. The molecule has 0 fully saturated rings. The molecule has 0 saturated carbocycles. The van der Waals surface area contributed by atoms with Gasteiger partial charge in [-0.25, -0.2) is 4.98 Å². The molecule has 19 heavy (non-hydrogen) atoms. The molecule has 1 atom stereocenters. The van der Waals surface area contributed by atoms with Crippen LogP contribution in [0.2, 0.25) is 0 Å². The Hall–Kier alpha value is -0.590. The summed E-state index contributed by atoms with van der Waals surface area (Å²) in [4.78, 5) is 15.8. The van der Waals surface area contributed by atoms with E-state index < -0.39 is 5.54 Å². The lowest BCUT2D eigenvalue weighted by Gasteiger charge is -2.29. The van der Waals surface area contributed by atoms with Crippen molar-refractivity contribution >= 4 is 29.0 Å². The summed E-state index contributed by atoms with van der Waals surface area (Å²) < 4.78 is 1.11. The lowest BCUT2D eigenvalue weighted by atomic mass is 9.93. The number of thioether (sulfide) groups is 1. The number of nitrogens with one attached hydrogen (secondary N) is 1. The maximum atomic E-state index is 11.6. The second kappa shape index (κ2) is 7.87. The zero-order valence-electron chi connectivity index (χ0n) is 11.8. The number of aromatic nitrogens is 1. The lowest BCUT2D eigenvalue weighted by molar-refractivity contribution is -0.124. The highest BCUT2D eigenvalue weighted by molar-refractivity contribution is 8.00. The number of primary amides is 1. The SMILES string of the molecule is CC(C)NC(C)(CCCCSc1nccs1)C(N)=O. The fraction of sp³-hybridized carbons (Fsp3) is 0.692. The van der Waals surface area contributed by atoms with Crippen LogP contribution in [0.25, 0.3) is 0 Å². The molecule has 1 heterocycles. The van der Waals surface area contributed by atoms with Gasteiger partial charge in [0, 0.05) is 23.4 Å². The number of hydrogen-bond acceptors (Lipinski definition) is 5. The van der Waals surface area contributed by atoms with E-state index in [1.54, 1.807) is 23.1 Å². The lowest BCUT2D eigenvalue weighted by Crippen LogP contribution is -2.55. The van der Waals surface area contributed by atoms with Crippen molar-refractivity contribution in [3.63, 3.8) is 0 Å². The van der Waals surface area contributed by atoms with Crippen molar-refractivity contribution in [3.05, 3.63) is 11.6 Å². The number of amides is 1. The summed E-state index contributed by atoms with van der Waals surface area (Å²) in [6.07, 6.45) is 4.65. The number of hydrogen-bond donors (Lipinski definition) is 2. The van der Waals surface area contributed by atoms with Crippen LogP contribution >= 0.6 is 23.1 Å². The topological polar surface area (TPSA) is 68.0 Å². The van der Waals surface area contributed by atoms with Gasteiger partial charge in [-0.2, -0.15) is 0 Å². The fourth-order valence-corrected chi connectivity index (χ4v) is 3.63. The number of rotatable bonds is 9. The molecule has 0 saturated heterocycles. The summed E-state index contributed by atoms with van der Waals surface area (Å²) in [6.45, 7) is 5.95. The highest BCUT2D eigenvalue weighted by atomic mass is 32.2. The first-order chi connectivity index (χ1) is 8.94. The van der Waals surface area contributed by atoms with E-state index in [1.807, 2.05) is 32.3 Å². The maximum Gasteiger partial charge on any atom is 0.237 e. The number of nitrogens with two attached hydrogens (primary N) is 1. The van der Waals surface area contributed by atoms with Crippen LogP contribution in [0, 0.1) is 0 Å². The largest absolute Gasteiger partial charge is 0.368 e. The van der Waals surface area contributed by atoms with Crippen LogP contribution in [0.15, 0.2) is 15.9 Å². The number of carbonyl (C=O) groups excluding carboxylic acids is 1. The Bertz CT molecular complexity index is 381. The quantitative estimate of drug-likeness (QED) is 0.543. The molecular formula is C13H23N3OS2. The Kier molecular flexibility index (Phi) is 6.82. The van der Waals surface area contributed by atoms with Gasteiger partial charge >= 0.3 is 0 Å². The van der Waals surface area contributed by atoms with Gasteiger partial charge < -0.3 is 11.1 Å². The van der Waals surface area contributed by atoms with Gasteiger partial charge in [0.1, 0.15) is 4.34 Å². The smallest absolute Gasteiger partial charge is 0.237 e. The number of nitrogens with zero attached hydrogens (tertiary/aromatic N) is 1. The number of thiazole rings is 1. The minimum Gasteiger partial charge on any atom is -0.368 e. The molecule has 0 bridgehead atoms. The van der Waals surface area contributed by atoms with Crippen molar-refractivity contribution in [2.45, 2.75) is 56.0 Å². The van der Waals surface area contributed by atoms with Crippen molar-refractivity contribution < 1.29 is 4.79 Å². The summed E-state index contributed by atoms with van der Waals surface area (Å²) in [7, 11) is 0. The first kappa shape index (κ1) is 16.5. The molecule has 0 radical (unpaired) electrons. The van der Waals surface area contributed by atoms with Crippen molar-refractivity contribution in [1.29, 1.82) is 0 Å². The van der Waals surface area contributed by atoms with Crippen LogP contribution < -0.4 is 11.1 Å². The average molecular weight is 301 g/mol. The summed E-state index contributed by atoms with van der Waals surface area (Å²) in [5.41, 5.74) is 4.90. The third-order valence-corrected chi connectivity index (χ3v) is 4.91. The molecule has 1 aromatic heterocycles. The van der Waals surface area contributed by atoms with Gasteiger partial charge in [-0.3, -0.25) is 4.79 Å². The molecule has 1 rings (SSSR count). The molecule has 0 aliphatic carbocycles. The average Bonchev–Trinajstić information content (AvgIpc) is 2.80. The second-order valence-corrected chi connectivity index (χ2v) is 7.34. The summed E-state index contributed by atoms with van der Waals surface area (Å²) in [6, 6.07) is 0.252. The molecule has 1 unspecified atom stereocenters. The molecule has 0 spiro atoms. The van der Waals surface area contributed by atoms with E-state index in [1.165, 1.54) is 0 Å². The summed E-state index contributed by atoms with van der Waals surface area (Å²) in [5.74, 6) is 0.762. The van der Waals surface area contributed by atoms with Crippen molar-refractivity contribution in [3.8, 4) is 0 Å².